The van der Waals surface area contributed by atoms with Crippen molar-refractivity contribution in [1.29, 1.82) is 0 Å². The number of nitrogens with one attached hydrogen (secondary N) is 4. The van der Waals surface area contributed by atoms with E-state index in [4.69, 9.17) is 0 Å². The minimum absolute atomic E-state index is 0.0672. The number of amides is 5. The van der Waals surface area contributed by atoms with Gasteiger partial charge in [0.05, 0.1) is 11.7 Å². The van der Waals surface area contributed by atoms with Crippen molar-refractivity contribution >= 4 is 28.9 Å². The minimum atomic E-state index is -0.644. The number of likely N-dealkylation sites (tertiary alicyclic amines) is 1. The fourth-order valence-electron chi connectivity index (χ4n) is 5.29. The van der Waals surface area contributed by atoms with Gasteiger partial charge in [-0.1, -0.05) is 25.1 Å². The van der Waals surface area contributed by atoms with Gasteiger partial charge >= 0.3 is 12.1 Å². The van der Waals surface area contributed by atoms with Crippen LogP contribution >= 0.6 is 0 Å². The number of piperidine rings is 1. The van der Waals surface area contributed by atoms with Crippen LogP contribution in [0.2, 0.25) is 0 Å². The van der Waals surface area contributed by atoms with Gasteiger partial charge in [-0.2, -0.15) is 5.10 Å². The number of nitrogens with zero attached hydrogens (tertiary/aromatic N) is 3. The van der Waals surface area contributed by atoms with Gasteiger partial charge < -0.3 is 25.8 Å². The quantitative estimate of drug-likeness (QED) is 0.525. The number of benzene rings is 1. The summed E-state index contributed by atoms with van der Waals surface area (Å²) in [4.78, 5) is 42.1. The van der Waals surface area contributed by atoms with Crippen LogP contribution in [0.5, 0.6) is 0 Å². The first-order valence-electron chi connectivity index (χ1n) is 12.7. The topological polar surface area (TPSA) is 122 Å². The van der Waals surface area contributed by atoms with E-state index >= 15 is 0 Å². The molecular weight excluding hydrogens is 458 g/mol. The average Bonchev–Trinajstić information content (AvgIpc) is 3.30. The van der Waals surface area contributed by atoms with Crippen LogP contribution in [-0.2, 0) is 17.8 Å². The highest BCUT2D eigenvalue weighted by Crippen LogP contribution is 2.25. The summed E-state index contributed by atoms with van der Waals surface area (Å²) in [6.07, 6.45) is 8.71. The lowest BCUT2D eigenvalue weighted by atomic mass is 9.98. The molecule has 1 aromatic heterocycles. The predicted molar refractivity (Wildman–Crippen MR) is 136 cm³/mol. The van der Waals surface area contributed by atoms with Gasteiger partial charge in [0.15, 0.2) is 0 Å². The van der Waals surface area contributed by atoms with E-state index in [0.29, 0.717) is 45.4 Å². The number of carbonyl (C=O) groups excluding carboxylic acids is 3. The molecule has 1 aromatic carbocycles. The van der Waals surface area contributed by atoms with E-state index in [0.717, 1.165) is 39.7 Å². The van der Waals surface area contributed by atoms with E-state index in [1.54, 1.807) is 11.1 Å². The highest BCUT2D eigenvalue weighted by molar-refractivity contribution is 5.90. The first kappa shape index (κ1) is 23.9. The Balaban J connectivity index is 1.20. The molecule has 10 nitrogen and oxygen atoms in total. The standard InChI is InChI=1S/C26H33N7O3/c1-3-4-5-18-15-33(26(36)29-16(18)2)19-8-10-32(11-9-19)25(35)30-23-12-17-6-7-22-21(14-28-31-22)20(17)13-27-24(23)34/h4-7,14,19,23H,3,8-13,15H2,1-2H3,(H,27,34)(H,28,31)(H,29,36)(H,30,35)/b5-4-/t23-/m1/s1. The highest BCUT2D eigenvalue weighted by atomic mass is 16.2. The molecule has 0 radical (unpaired) electrons. The largest absolute Gasteiger partial charge is 0.350 e. The Morgan fingerprint density at radius 2 is 2.06 bits per heavy atom. The van der Waals surface area contributed by atoms with Crippen LogP contribution in [0.3, 0.4) is 0 Å². The van der Waals surface area contributed by atoms with Crippen LogP contribution in [0.25, 0.3) is 10.9 Å². The number of fused-ring (bicyclic) bond motifs is 3. The minimum Gasteiger partial charge on any atom is -0.350 e. The summed E-state index contributed by atoms with van der Waals surface area (Å²) in [5.74, 6) is -0.189. The van der Waals surface area contributed by atoms with Crippen molar-refractivity contribution in [1.82, 2.24) is 35.9 Å². The Hall–Kier alpha value is -3.82. The van der Waals surface area contributed by atoms with Crippen molar-refractivity contribution in [3.63, 3.8) is 0 Å². The number of aromatic nitrogens is 2. The maximum absolute atomic E-state index is 13.1. The zero-order valence-electron chi connectivity index (χ0n) is 20.8. The summed E-state index contributed by atoms with van der Waals surface area (Å²) in [6.45, 7) is 6.06. The molecule has 0 saturated carbocycles. The van der Waals surface area contributed by atoms with Crippen LogP contribution in [0.15, 0.2) is 41.8 Å². The fraction of sp³-hybridized carbons (Fsp3) is 0.462. The Labute approximate surface area is 210 Å². The number of hydrogen-bond acceptors (Lipinski definition) is 4. The summed E-state index contributed by atoms with van der Waals surface area (Å²) < 4.78 is 0. The molecule has 10 heteroatoms. The Morgan fingerprint density at radius 3 is 2.83 bits per heavy atom. The predicted octanol–water partition coefficient (Wildman–Crippen LogP) is 2.54. The summed E-state index contributed by atoms with van der Waals surface area (Å²) in [5.41, 5.74) is 5.00. The molecule has 2 aromatic rings. The summed E-state index contributed by atoms with van der Waals surface area (Å²) in [6, 6.07) is 3.05. The molecule has 1 atom stereocenters. The van der Waals surface area contributed by atoms with Crippen LogP contribution in [0.4, 0.5) is 9.59 Å². The van der Waals surface area contributed by atoms with Gasteiger partial charge in [-0.05, 0) is 49.0 Å². The first-order chi connectivity index (χ1) is 17.4. The second-order valence-corrected chi connectivity index (χ2v) is 9.70. The maximum atomic E-state index is 13.1. The number of rotatable bonds is 4. The van der Waals surface area contributed by atoms with Gasteiger partial charge in [-0.15, -0.1) is 0 Å². The van der Waals surface area contributed by atoms with E-state index in [1.165, 1.54) is 0 Å². The fourth-order valence-corrected chi connectivity index (χ4v) is 5.29. The molecule has 0 bridgehead atoms. The van der Waals surface area contributed by atoms with Crippen molar-refractivity contribution in [2.45, 2.75) is 58.2 Å². The number of aromatic amines is 1. The smallest absolute Gasteiger partial charge is 0.322 e. The van der Waals surface area contributed by atoms with E-state index in [-0.39, 0.29) is 24.0 Å². The Morgan fingerprint density at radius 1 is 1.25 bits per heavy atom. The third-order valence-electron chi connectivity index (χ3n) is 7.44. The zero-order valence-corrected chi connectivity index (χ0v) is 20.8. The first-order valence-corrected chi connectivity index (χ1v) is 12.7. The maximum Gasteiger partial charge on any atom is 0.322 e. The molecule has 5 rings (SSSR count). The van der Waals surface area contributed by atoms with Crippen molar-refractivity contribution in [2.75, 3.05) is 19.6 Å². The lowest BCUT2D eigenvalue weighted by Gasteiger charge is -2.40. The van der Waals surface area contributed by atoms with Gasteiger partial charge in [0.25, 0.3) is 0 Å². The van der Waals surface area contributed by atoms with Crippen molar-refractivity contribution < 1.29 is 14.4 Å². The van der Waals surface area contributed by atoms with Crippen molar-refractivity contribution in [2.24, 2.45) is 0 Å². The summed E-state index contributed by atoms with van der Waals surface area (Å²) in [5, 5.41) is 16.9. The van der Waals surface area contributed by atoms with Gasteiger partial charge in [-0.3, -0.25) is 9.89 Å². The van der Waals surface area contributed by atoms with E-state index < -0.39 is 6.04 Å². The molecular formula is C26H33N7O3. The van der Waals surface area contributed by atoms with Crippen molar-refractivity contribution in [3.05, 3.63) is 52.9 Å². The molecule has 36 heavy (non-hydrogen) atoms. The van der Waals surface area contributed by atoms with Crippen LogP contribution in [0.1, 0.15) is 44.2 Å². The number of hydrogen-bond donors (Lipinski definition) is 4. The van der Waals surface area contributed by atoms with Gasteiger partial charge in [0, 0.05) is 49.7 Å². The third kappa shape index (κ3) is 4.67. The molecule has 5 amide bonds. The highest BCUT2D eigenvalue weighted by Gasteiger charge is 2.34. The average molecular weight is 492 g/mol. The van der Waals surface area contributed by atoms with E-state index in [9.17, 15) is 14.4 Å². The second kappa shape index (κ2) is 10.0. The summed E-state index contributed by atoms with van der Waals surface area (Å²) in [7, 11) is 0. The number of urea groups is 2. The van der Waals surface area contributed by atoms with Crippen LogP contribution < -0.4 is 16.0 Å². The van der Waals surface area contributed by atoms with Crippen molar-refractivity contribution in [3.8, 4) is 0 Å². The van der Waals surface area contributed by atoms with Crippen LogP contribution in [-0.4, -0.2) is 69.7 Å². The SMILES string of the molecule is CC/C=C\C1=C(C)NC(=O)N(C2CCN(C(=O)N[C@@H]3Cc4ccc5[nH]ncc5c4CNC3=O)CC2)C1. The summed E-state index contributed by atoms with van der Waals surface area (Å²) >= 11 is 0. The molecule has 4 heterocycles. The molecule has 0 unspecified atom stereocenters. The zero-order chi connectivity index (χ0) is 25.2. The van der Waals surface area contributed by atoms with E-state index in [1.807, 2.05) is 24.0 Å². The Kier molecular flexibility index (Phi) is 6.67. The van der Waals surface area contributed by atoms with E-state index in [2.05, 4.69) is 45.2 Å². The van der Waals surface area contributed by atoms with Gasteiger partial charge in [0.1, 0.15) is 6.04 Å². The third-order valence-corrected chi connectivity index (χ3v) is 7.44. The van der Waals surface area contributed by atoms with Crippen LogP contribution in [0, 0.1) is 0 Å². The molecule has 1 saturated heterocycles. The lowest BCUT2D eigenvalue weighted by Crippen LogP contribution is -2.56. The monoisotopic (exact) mass is 491 g/mol. The molecule has 0 spiro atoms. The number of allylic oxidation sites excluding steroid dienone is 2. The molecule has 3 aliphatic heterocycles. The Bertz CT molecular complexity index is 1240. The number of H-pyrrole nitrogens is 1. The second-order valence-electron chi connectivity index (χ2n) is 9.70. The molecule has 4 N–H and O–H groups in total. The lowest BCUT2D eigenvalue weighted by molar-refractivity contribution is -0.122. The normalized spacial score (nSPS) is 21.4. The molecule has 1 fully saturated rings. The van der Waals surface area contributed by atoms with Gasteiger partial charge in [0.2, 0.25) is 5.91 Å². The molecule has 3 aliphatic rings. The van der Waals surface area contributed by atoms with Gasteiger partial charge in [-0.25, -0.2) is 9.59 Å². The molecule has 0 aliphatic carbocycles. The molecule has 190 valence electrons. The number of carbonyl (C=O) groups is 3.